The van der Waals surface area contributed by atoms with E-state index in [9.17, 15) is 9.59 Å². The van der Waals surface area contributed by atoms with Gasteiger partial charge in [-0.25, -0.2) is 0 Å². The molecule has 0 aromatic heterocycles. The van der Waals surface area contributed by atoms with Crippen molar-refractivity contribution in [2.45, 2.75) is 46.0 Å². The maximum Gasteiger partial charge on any atom is 0.303 e. The highest BCUT2D eigenvalue weighted by Gasteiger charge is 2.10. The van der Waals surface area contributed by atoms with Gasteiger partial charge in [0.25, 0.3) is 0 Å². The number of rotatable bonds is 9. The Labute approximate surface area is 119 Å². The van der Waals surface area contributed by atoms with Crippen molar-refractivity contribution >= 4 is 11.8 Å². The zero-order chi connectivity index (χ0) is 15.0. The van der Waals surface area contributed by atoms with Gasteiger partial charge in [-0.05, 0) is 37.0 Å². The van der Waals surface area contributed by atoms with Crippen LogP contribution in [0.1, 0.15) is 55.5 Å². The summed E-state index contributed by atoms with van der Waals surface area (Å²) in [5.41, 5.74) is 1.77. The first kappa shape index (κ1) is 16.2. The predicted molar refractivity (Wildman–Crippen MR) is 77.4 cm³/mol. The Kier molecular flexibility index (Phi) is 6.77. The fraction of sp³-hybridized carbons (Fsp3) is 0.500. The zero-order valence-corrected chi connectivity index (χ0v) is 12.1. The number of unbranched alkanes of at least 4 members (excludes halogenated alkanes) is 1. The van der Waals surface area contributed by atoms with Crippen LogP contribution in [0, 0.1) is 0 Å². The molecule has 1 N–H and O–H groups in total. The molecule has 4 heteroatoms. The van der Waals surface area contributed by atoms with Gasteiger partial charge in [-0.1, -0.05) is 19.9 Å². The number of aliphatic carboxylic acids is 1. The van der Waals surface area contributed by atoms with Crippen molar-refractivity contribution in [1.29, 1.82) is 0 Å². The van der Waals surface area contributed by atoms with Crippen LogP contribution in [0.5, 0.6) is 5.75 Å². The number of carbonyl (C=O) groups excluding carboxylic acids is 1. The fourth-order valence-electron chi connectivity index (χ4n) is 1.97. The van der Waals surface area contributed by atoms with Gasteiger partial charge in [0.2, 0.25) is 0 Å². The van der Waals surface area contributed by atoms with Gasteiger partial charge in [0.15, 0.2) is 5.78 Å². The van der Waals surface area contributed by atoms with Crippen molar-refractivity contribution < 1.29 is 19.4 Å². The molecule has 0 bridgehead atoms. The second-order valence-electron chi connectivity index (χ2n) is 4.65. The Morgan fingerprint density at radius 1 is 1.20 bits per heavy atom. The highest BCUT2D eigenvalue weighted by atomic mass is 16.5. The van der Waals surface area contributed by atoms with E-state index < -0.39 is 5.97 Å². The summed E-state index contributed by atoms with van der Waals surface area (Å²) in [6.07, 6.45) is 2.76. The van der Waals surface area contributed by atoms with Crippen LogP contribution < -0.4 is 4.74 Å². The Morgan fingerprint density at radius 2 is 1.95 bits per heavy atom. The lowest BCUT2D eigenvalue weighted by molar-refractivity contribution is -0.137. The SMILES string of the molecule is CCC(=O)c1cc(OCCCCC(=O)O)ccc1CC. The minimum Gasteiger partial charge on any atom is -0.494 e. The molecule has 0 atom stereocenters. The van der Waals surface area contributed by atoms with Crippen LogP contribution in [0.3, 0.4) is 0 Å². The van der Waals surface area contributed by atoms with E-state index in [4.69, 9.17) is 9.84 Å². The molecule has 1 aromatic carbocycles. The molecule has 1 aromatic rings. The van der Waals surface area contributed by atoms with Crippen molar-refractivity contribution in [1.82, 2.24) is 0 Å². The number of hydrogen-bond acceptors (Lipinski definition) is 3. The summed E-state index contributed by atoms with van der Waals surface area (Å²) in [4.78, 5) is 22.3. The number of benzene rings is 1. The van der Waals surface area contributed by atoms with Gasteiger partial charge in [-0.2, -0.15) is 0 Å². The molecule has 0 heterocycles. The van der Waals surface area contributed by atoms with Crippen molar-refractivity contribution in [3.63, 3.8) is 0 Å². The Hall–Kier alpha value is -1.84. The summed E-state index contributed by atoms with van der Waals surface area (Å²) in [5, 5.41) is 8.53. The molecule has 0 amide bonds. The third kappa shape index (κ3) is 5.03. The second-order valence-corrected chi connectivity index (χ2v) is 4.65. The number of aryl methyl sites for hydroxylation is 1. The van der Waals surface area contributed by atoms with Gasteiger partial charge >= 0.3 is 5.97 Å². The molecule has 4 nitrogen and oxygen atoms in total. The first-order chi connectivity index (χ1) is 9.58. The van der Waals surface area contributed by atoms with Gasteiger partial charge < -0.3 is 9.84 Å². The molecule has 0 aliphatic carbocycles. The molecule has 0 unspecified atom stereocenters. The molecule has 0 radical (unpaired) electrons. The number of Topliss-reactive ketones (excluding diaryl/α,β-unsaturated/α-hetero) is 1. The van der Waals surface area contributed by atoms with Gasteiger partial charge in [0.05, 0.1) is 6.61 Å². The minimum atomic E-state index is -0.784. The fourth-order valence-corrected chi connectivity index (χ4v) is 1.97. The number of hydrogen-bond donors (Lipinski definition) is 1. The normalized spacial score (nSPS) is 10.3. The standard InChI is InChI=1S/C16H22O4/c1-3-12-8-9-13(11-14(12)15(17)4-2)20-10-6-5-7-16(18)19/h8-9,11H,3-7,10H2,1-2H3,(H,18,19). The maximum atomic E-state index is 11.9. The van der Waals surface area contributed by atoms with E-state index in [0.717, 1.165) is 17.5 Å². The van der Waals surface area contributed by atoms with E-state index in [2.05, 4.69) is 0 Å². The highest BCUT2D eigenvalue weighted by molar-refractivity contribution is 5.97. The van der Waals surface area contributed by atoms with Crippen LogP contribution >= 0.6 is 0 Å². The third-order valence-corrected chi connectivity index (χ3v) is 3.14. The molecule has 0 spiro atoms. The van der Waals surface area contributed by atoms with Crippen LogP contribution in [0.25, 0.3) is 0 Å². The molecule has 20 heavy (non-hydrogen) atoms. The Morgan fingerprint density at radius 3 is 2.55 bits per heavy atom. The average molecular weight is 278 g/mol. The zero-order valence-electron chi connectivity index (χ0n) is 12.1. The van der Waals surface area contributed by atoms with E-state index in [1.165, 1.54) is 0 Å². The topological polar surface area (TPSA) is 63.6 Å². The quantitative estimate of drug-likeness (QED) is 0.555. The molecule has 0 saturated heterocycles. The van der Waals surface area contributed by atoms with Crippen LogP contribution in [0.15, 0.2) is 18.2 Å². The van der Waals surface area contributed by atoms with Crippen molar-refractivity contribution in [3.8, 4) is 5.75 Å². The Bertz CT molecular complexity index is 466. The van der Waals surface area contributed by atoms with E-state index >= 15 is 0 Å². The lowest BCUT2D eigenvalue weighted by Gasteiger charge is -2.10. The highest BCUT2D eigenvalue weighted by Crippen LogP contribution is 2.20. The van der Waals surface area contributed by atoms with E-state index in [0.29, 0.717) is 31.6 Å². The second kappa shape index (κ2) is 8.35. The van der Waals surface area contributed by atoms with Crippen LogP contribution in [-0.2, 0) is 11.2 Å². The van der Waals surface area contributed by atoms with Crippen molar-refractivity contribution in [2.75, 3.05) is 6.61 Å². The summed E-state index contributed by atoms with van der Waals surface area (Å²) < 4.78 is 5.58. The summed E-state index contributed by atoms with van der Waals surface area (Å²) in [6.45, 7) is 4.34. The maximum absolute atomic E-state index is 11.9. The van der Waals surface area contributed by atoms with Crippen molar-refractivity contribution in [3.05, 3.63) is 29.3 Å². The molecule has 1 rings (SSSR count). The summed E-state index contributed by atoms with van der Waals surface area (Å²) >= 11 is 0. The summed E-state index contributed by atoms with van der Waals surface area (Å²) in [6, 6.07) is 5.58. The van der Waals surface area contributed by atoms with Crippen LogP contribution in [0.2, 0.25) is 0 Å². The van der Waals surface area contributed by atoms with E-state index in [1.54, 1.807) is 6.07 Å². The monoisotopic (exact) mass is 278 g/mol. The van der Waals surface area contributed by atoms with Gasteiger partial charge in [0.1, 0.15) is 5.75 Å². The molecular formula is C16H22O4. The predicted octanol–water partition coefficient (Wildman–Crippen LogP) is 3.48. The molecular weight excluding hydrogens is 256 g/mol. The van der Waals surface area contributed by atoms with Crippen molar-refractivity contribution in [2.24, 2.45) is 0 Å². The van der Waals surface area contributed by atoms with Crippen LogP contribution in [0.4, 0.5) is 0 Å². The number of carbonyl (C=O) groups is 2. The molecule has 0 aliphatic heterocycles. The number of ether oxygens (including phenoxy) is 1. The third-order valence-electron chi connectivity index (χ3n) is 3.14. The molecule has 0 aliphatic rings. The summed E-state index contributed by atoms with van der Waals surface area (Å²) in [5.74, 6) is 0.0145. The smallest absolute Gasteiger partial charge is 0.303 e. The number of ketones is 1. The molecule has 0 saturated carbocycles. The van der Waals surface area contributed by atoms with Gasteiger partial charge in [0, 0.05) is 18.4 Å². The molecule has 0 fully saturated rings. The lowest BCUT2D eigenvalue weighted by atomic mass is 10.00. The lowest BCUT2D eigenvalue weighted by Crippen LogP contribution is -2.04. The minimum absolute atomic E-state index is 0.123. The number of carboxylic acid groups (broad SMARTS) is 1. The first-order valence-electron chi connectivity index (χ1n) is 7.09. The van der Waals surface area contributed by atoms with E-state index in [1.807, 2.05) is 26.0 Å². The Balaban J connectivity index is 2.58. The number of carboxylic acids is 1. The van der Waals surface area contributed by atoms with Gasteiger partial charge in [-0.15, -0.1) is 0 Å². The molecule has 110 valence electrons. The van der Waals surface area contributed by atoms with E-state index in [-0.39, 0.29) is 12.2 Å². The van der Waals surface area contributed by atoms with Gasteiger partial charge in [-0.3, -0.25) is 9.59 Å². The first-order valence-corrected chi connectivity index (χ1v) is 7.09. The van der Waals surface area contributed by atoms with Crippen LogP contribution in [-0.4, -0.2) is 23.5 Å². The largest absolute Gasteiger partial charge is 0.494 e. The average Bonchev–Trinajstić information content (AvgIpc) is 2.45. The summed E-state index contributed by atoms with van der Waals surface area (Å²) in [7, 11) is 0.